The third-order valence-corrected chi connectivity index (χ3v) is 3.28. The first-order chi connectivity index (χ1) is 10.9. The molecule has 5 nitrogen and oxygen atoms in total. The van der Waals surface area contributed by atoms with Gasteiger partial charge in [-0.1, -0.05) is 24.3 Å². The van der Waals surface area contributed by atoms with Crippen molar-refractivity contribution in [2.45, 2.75) is 19.3 Å². The predicted octanol–water partition coefficient (Wildman–Crippen LogP) is 2.53. The highest BCUT2D eigenvalue weighted by molar-refractivity contribution is 14.0. The Bertz CT molecular complexity index is 535. The van der Waals surface area contributed by atoms with Crippen molar-refractivity contribution in [3.8, 4) is 0 Å². The van der Waals surface area contributed by atoms with Gasteiger partial charge in [-0.15, -0.1) is 24.0 Å². The minimum atomic E-state index is -4.31. The Balaban J connectivity index is 0.00000288. The molecule has 0 unspecified atom stereocenters. The highest BCUT2D eigenvalue weighted by atomic mass is 127. The van der Waals surface area contributed by atoms with Crippen LogP contribution in [0.25, 0.3) is 0 Å². The Morgan fingerprint density at radius 1 is 1.25 bits per heavy atom. The van der Waals surface area contributed by atoms with Crippen LogP contribution in [0.15, 0.2) is 29.3 Å². The first kappa shape index (κ1) is 21.0. The number of nitrogens with zero attached hydrogens (tertiary/aromatic N) is 2. The van der Waals surface area contributed by atoms with Crippen molar-refractivity contribution in [2.75, 3.05) is 32.9 Å². The van der Waals surface area contributed by atoms with Gasteiger partial charge >= 0.3 is 6.18 Å². The molecule has 1 aromatic rings. The second kappa shape index (κ2) is 10.0. The van der Waals surface area contributed by atoms with Crippen LogP contribution in [0.3, 0.4) is 0 Å². The van der Waals surface area contributed by atoms with Crippen LogP contribution in [0.5, 0.6) is 0 Å². The molecule has 1 heterocycles. The molecule has 24 heavy (non-hydrogen) atoms. The highest BCUT2D eigenvalue weighted by Crippen LogP contribution is 2.16. The van der Waals surface area contributed by atoms with Crippen molar-refractivity contribution in [2.24, 2.45) is 10.7 Å². The molecule has 0 bridgehead atoms. The second-order valence-corrected chi connectivity index (χ2v) is 5.20. The number of rotatable bonds is 5. The van der Waals surface area contributed by atoms with Crippen LogP contribution in [0, 0.1) is 0 Å². The van der Waals surface area contributed by atoms with Gasteiger partial charge in [0.2, 0.25) is 0 Å². The fourth-order valence-electron chi connectivity index (χ4n) is 2.17. The van der Waals surface area contributed by atoms with E-state index in [-0.39, 0.29) is 30.6 Å². The number of guanidine groups is 1. The van der Waals surface area contributed by atoms with E-state index in [9.17, 15) is 13.2 Å². The molecule has 2 rings (SSSR count). The SMILES string of the molecule is I.NC(=NCc1cccc(COCC(F)(F)F)c1)N1CCOCC1. The smallest absolute Gasteiger partial charge is 0.378 e. The molecule has 136 valence electrons. The van der Waals surface area contributed by atoms with Gasteiger partial charge in [0, 0.05) is 13.1 Å². The van der Waals surface area contributed by atoms with Crippen LogP contribution >= 0.6 is 24.0 Å². The molecular weight excluding hydrogens is 438 g/mol. The van der Waals surface area contributed by atoms with Crippen molar-refractivity contribution in [1.82, 2.24) is 4.90 Å². The van der Waals surface area contributed by atoms with Crippen molar-refractivity contribution >= 4 is 29.9 Å². The summed E-state index contributed by atoms with van der Waals surface area (Å²) in [6.07, 6.45) is -4.31. The van der Waals surface area contributed by atoms with E-state index in [2.05, 4.69) is 9.73 Å². The molecular formula is C15H21F3IN3O2. The van der Waals surface area contributed by atoms with Gasteiger partial charge in [0.05, 0.1) is 26.4 Å². The third kappa shape index (κ3) is 7.67. The van der Waals surface area contributed by atoms with E-state index < -0.39 is 12.8 Å². The van der Waals surface area contributed by atoms with Crippen LogP contribution in [0.4, 0.5) is 13.2 Å². The van der Waals surface area contributed by atoms with E-state index in [1.165, 1.54) is 0 Å². The van der Waals surface area contributed by atoms with Gasteiger partial charge in [0.1, 0.15) is 6.61 Å². The average Bonchev–Trinajstić information content (AvgIpc) is 2.53. The lowest BCUT2D eigenvalue weighted by molar-refractivity contribution is -0.176. The maximum atomic E-state index is 12.1. The van der Waals surface area contributed by atoms with E-state index >= 15 is 0 Å². The molecule has 0 radical (unpaired) electrons. The molecule has 1 aliphatic heterocycles. The summed E-state index contributed by atoms with van der Waals surface area (Å²) in [6.45, 7) is 1.71. The summed E-state index contributed by atoms with van der Waals surface area (Å²) in [5.41, 5.74) is 7.48. The summed E-state index contributed by atoms with van der Waals surface area (Å²) in [4.78, 5) is 6.27. The fraction of sp³-hybridized carbons (Fsp3) is 0.533. The molecule has 1 saturated heterocycles. The summed E-state index contributed by atoms with van der Waals surface area (Å²) < 4.78 is 46.1. The summed E-state index contributed by atoms with van der Waals surface area (Å²) in [5, 5.41) is 0. The Kier molecular flexibility index (Phi) is 8.78. The molecule has 2 N–H and O–H groups in total. The Morgan fingerprint density at radius 3 is 2.58 bits per heavy atom. The molecule has 0 atom stereocenters. The van der Waals surface area contributed by atoms with E-state index in [1.807, 2.05) is 11.0 Å². The summed E-state index contributed by atoms with van der Waals surface area (Å²) in [5.74, 6) is 0.451. The zero-order valence-electron chi connectivity index (χ0n) is 13.1. The monoisotopic (exact) mass is 459 g/mol. The molecule has 0 amide bonds. The number of hydrogen-bond acceptors (Lipinski definition) is 3. The normalized spacial score (nSPS) is 16.0. The topological polar surface area (TPSA) is 60.1 Å². The van der Waals surface area contributed by atoms with Gasteiger partial charge in [-0.2, -0.15) is 13.2 Å². The minimum absolute atomic E-state index is 0. The quantitative estimate of drug-likeness (QED) is 0.418. The van der Waals surface area contributed by atoms with Gasteiger partial charge in [-0.05, 0) is 11.1 Å². The molecule has 0 saturated carbocycles. The van der Waals surface area contributed by atoms with Crippen molar-refractivity contribution in [3.05, 3.63) is 35.4 Å². The minimum Gasteiger partial charge on any atom is -0.378 e. The van der Waals surface area contributed by atoms with Gasteiger partial charge in [0.15, 0.2) is 5.96 Å². The number of ether oxygens (including phenoxy) is 2. The standard InChI is InChI=1S/C15H20F3N3O2.HI/c16-15(17,18)11-23-10-13-3-1-2-12(8-13)9-20-14(19)21-4-6-22-7-5-21;/h1-3,8H,4-7,9-11H2,(H2,19,20);1H. The van der Waals surface area contributed by atoms with Crippen LogP contribution in [-0.4, -0.2) is 49.9 Å². The molecule has 9 heteroatoms. The van der Waals surface area contributed by atoms with Gasteiger partial charge in [-0.3, -0.25) is 0 Å². The lowest BCUT2D eigenvalue weighted by Gasteiger charge is -2.27. The van der Waals surface area contributed by atoms with Crippen LogP contribution in [0.1, 0.15) is 11.1 Å². The van der Waals surface area contributed by atoms with Gasteiger partial charge in [0.25, 0.3) is 0 Å². The van der Waals surface area contributed by atoms with E-state index in [1.54, 1.807) is 18.2 Å². The summed E-state index contributed by atoms with van der Waals surface area (Å²) in [6, 6.07) is 7.10. The molecule has 0 aromatic heterocycles. The zero-order chi connectivity index (χ0) is 16.7. The number of alkyl halides is 3. The lowest BCUT2D eigenvalue weighted by Crippen LogP contribution is -2.44. The number of aliphatic imine (C=N–C) groups is 1. The third-order valence-electron chi connectivity index (χ3n) is 3.28. The van der Waals surface area contributed by atoms with Crippen molar-refractivity contribution in [3.63, 3.8) is 0 Å². The van der Waals surface area contributed by atoms with E-state index in [0.29, 0.717) is 44.4 Å². The lowest BCUT2D eigenvalue weighted by atomic mass is 10.1. The van der Waals surface area contributed by atoms with E-state index in [4.69, 9.17) is 10.5 Å². The fourth-order valence-corrected chi connectivity index (χ4v) is 2.17. The summed E-state index contributed by atoms with van der Waals surface area (Å²) >= 11 is 0. The van der Waals surface area contributed by atoms with E-state index in [0.717, 1.165) is 5.56 Å². The predicted molar refractivity (Wildman–Crippen MR) is 95.3 cm³/mol. The molecule has 1 fully saturated rings. The first-order valence-electron chi connectivity index (χ1n) is 7.29. The molecule has 0 aliphatic carbocycles. The van der Waals surface area contributed by atoms with Crippen molar-refractivity contribution in [1.29, 1.82) is 0 Å². The second-order valence-electron chi connectivity index (χ2n) is 5.20. The number of benzene rings is 1. The first-order valence-corrected chi connectivity index (χ1v) is 7.29. The largest absolute Gasteiger partial charge is 0.411 e. The average molecular weight is 459 g/mol. The maximum absolute atomic E-state index is 12.1. The Labute approximate surface area is 156 Å². The Morgan fingerprint density at radius 2 is 1.92 bits per heavy atom. The molecule has 1 aliphatic rings. The van der Waals surface area contributed by atoms with Crippen LogP contribution in [-0.2, 0) is 22.6 Å². The summed E-state index contributed by atoms with van der Waals surface area (Å²) in [7, 11) is 0. The number of hydrogen-bond donors (Lipinski definition) is 1. The van der Waals surface area contributed by atoms with Gasteiger partial charge < -0.3 is 20.1 Å². The molecule has 0 spiro atoms. The number of nitrogens with two attached hydrogens (primary N) is 1. The number of morpholine rings is 1. The van der Waals surface area contributed by atoms with Crippen LogP contribution in [0.2, 0.25) is 0 Å². The van der Waals surface area contributed by atoms with Gasteiger partial charge in [-0.25, -0.2) is 4.99 Å². The van der Waals surface area contributed by atoms with Crippen molar-refractivity contribution < 1.29 is 22.6 Å². The molecule has 1 aromatic carbocycles. The zero-order valence-corrected chi connectivity index (χ0v) is 15.4. The number of halogens is 4. The van der Waals surface area contributed by atoms with Crippen LogP contribution < -0.4 is 5.73 Å². The Hall–Kier alpha value is -1.07. The highest BCUT2D eigenvalue weighted by Gasteiger charge is 2.27. The maximum Gasteiger partial charge on any atom is 0.411 e.